The van der Waals surface area contributed by atoms with Crippen molar-refractivity contribution in [3.05, 3.63) is 77.9 Å². The number of fused-ring (bicyclic) bond motifs is 1. The fourth-order valence-electron chi connectivity index (χ4n) is 4.46. The van der Waals surface area contributed by atoms with Gasteiger partial charge in [-0.3, -0.25) is 9.69 Å². The van der Waals surface area contributed by atoms with Gasteiger partial charge in [-0.15, -0.1) is 0 Å². The number of likely N-dealkylation sites (tertiary alicyclic amines) is 1. The van der Waals surface area contributed by atoms with E-state index in [1.54, 1.807) is 18.2 Å². The summed E-state index contributed by atoms with van der Waals surface area (Å²) in [6, 6.07) is 21.0. The molecule has 1 aliphatic rings. The first-order valence-electron chi connectivity index (χ1n) is 11.9. The number of carbonyl (C=O) groups excluding carboxylic acids is 1. The predicted octanol–water partition coefficient (Wildman–Crippen LogP) is 4.06. The van der Waals surface area contributed by atoms with Crippen molar-refractivity contribution < 1.29 is 13.2 Å². The average molecular weight is 480 g/mol. The third kappa shape index (κ3) is 6.65. The Kier molecular flexibility index (Phi) is 7.98. The van der Waals surface area contributed by atoms with Gasteiger partial charge in [-0.2, -0.15) is 0 Å². The van der Waals surface area contributed by atoms with Crippen molar-refractivity contribution in [1.82, 2.24) is 14.9 Å². The zero-order valence-corrected chi connectivity index (χ0v) is 20.5. The lowest BCUT2D eigenvalue weighted by Crippen LogP contribution is -2.33. The van der Waals surface area contributed by atoms with Crippen molar-refractivity contribution in [2.75, 3.05) is 19.6 Å². The third-order valence-electron chi connectivity index (χ3n) is 6.34. The molecule has 0 radical (unpaired) electrons. The molecule has 0 spiro atoms. The summed E-state index contributed by atoms with van der Waals surface area (Å²) in [6.45, 7) is 6.07. The lowest BCUT2D eigenvalue weighted by atomic mass is 9.99. The van der Waals surface area contributed by atoms with E-state index < -0.39 is 10.0 Å². The fraction of sp³-hybridized carbons (Fsp3) is 0.370. The van der Waals surface area contributed by atoms with E-state index in [0.29, 0.717) is 6.54 Å². The molecule has 3 aromatic carbocycles. The summed E-state index contributed by atoms with van der Waals surface area (Å²) in [5.74, 6) is 0.577. The molecule has 1 aliphatic heterocycles. The van der Waals surface area contributed by atoms with Crippen molar-refractivity contribution in [2.24, 2.45) is 5.92 Å². The Morgan fingerprint density at radius 3 is 2.50 bits per heavy atom. The monoisotopic (exact) mass is 479 g/mol. The van der Waals surface area contributed by atoms with Crippen LogP contribution in [-0.4, -0.2) is 38.9 Å². The Morgan fingerprint density at radius 1 is 1.00 bits per heavy atom. The molecule has 180 valence electrons. The van der Waals surface area contributed by atoms with Crippen LogP contribution in [0.4, 0.5) is 0 Å². The average Bonchev–Trinajstić information content (AvgIpc) is 2.83. The van der Waals surface area contributed by atoms with E-state index in [4.69, 9.17) is 0 Å². The van der Waals surface area contributed by atoms with Crippen LogP contribution in [-0.2, 0) is 27.9 Å². The molecule has 0 saturated carbocycles. The molecular weight excluding hydrogens is 446 g/mol. The number of amides is 1. The molecule has 1 atom stereocenters. The van der Waals surface area contributed by atoms with Crippen molar-refractivity contribution in [3.8, 4) is 0 Å². The highest BCUT2D eigenvalue weighted by atomic mass is 32.2. The molecule has 0 bridgehead atoms. The summed E-state index contributed by atoms with van der Waals surface area (Å²) in [4.78, 5) is 14.9. The van der Waals surface area contributed by atoms with Crippen LogP contribution in [0.25, 0.3) is 10.8 Å². The number of sulfonamides is 1. The summed E-state index contributed by atoms with van der Waals surface area (Å²) in [5, 5.41) is 4.71. The highest BCUT2D eigenvalue weighted by Gasteiger charge is 2.16. The molecule has 1 heterocycles. The number of benzene rings is 3. The number of carbonyl (C=O) groups is 1. The van der Waals surface area contributed by atoms with Gasteiger partial charge in [0.1, 0.15) is 0 Å². The second-order valence-corrected chi connectivity index (χ2v) is 11.0. The first kappa shape index (κ1) is 24.4. The van der Waals surface area contributed by atoms with E-state index in [-0.39, 0.29) is 23.8 Å². The number of rotatable bonds is 9. The van der Waals surface area contributed by atoms with Gasteiger partial charge in [0, 0.05) is 32.6 Å². The minimum absolute atomic E-state index is 0.0498. The van der Waals surface area contributed by atoms with Crippen LogP contribution in [0.5, 0.6) is 0 Å². The third-order valence-corrected chi connectivity index (χ3v) is 7.79. The van der Waals surface area contributed by atoms with Gasteiger partial charge >= 0.3 is 0 Å². The maximum absolute atomic E-state index is 12.6. The van der Waals surface area contributed by atoms with E-state index in [1.165, 1.54) is 18.4 Å². The van der Waals surface area contributed by atoms with Crippen LogP contribution < -0.4 is 10.0 Å². The quantitative estimate of drug-likeness (QED) is 0.485. The zero-order valence-electron chi connectivity index (χ0n) is 19.7. The molecule has 3 aromatic rings. The standard InChI is InChI=1S/C27H33N3O3S/c1-21-5-4-16-30(19-21)20-23-10-8-22(9-11-23)18-28-27(31)14-15-29-34(32,33)26-13-12-24-6-2-3-7-25(24)17-26/h2-3,6-13,17,21,29H,4-5,14-16,18-20H2,1H3,(H,28,31). The predicted molar refractivity (Wildman–Crippen MR) is 136 cm³/mol. The smallest absolute Gasteiger partial charge is 0.240 e. The molecule has 1 fully saturated rings. The minimum atomic E-state index is -3.67. The fourth-order valence-corrected chi connectivity index (χ4v) is 5.52. The Bertz CT molecular complexity index is 1230. The molecule has 0 aromatic heterocycles. The maximum Gasteiger partial charge on any atom is 0.240 e. The van der Waals surface area contributed by atoms with Gasteiger partial charge in [-0.1, -0.05) is 61.5 Å². The molecule has 1 unspecified atom stereocenters. The Morgan fingerprint density at radius 2 is 1.74 bits per heavy atom. The van der Waals surface area contributed by atoms with Gasteiger partial charge in [0.05, 0.1) is 4.90 Å². The largest absolute Gasteiger partial charge is 0.352 e. The van der Waals surface area contributed by atoms with Crippen LogP contribution in [0.15, 0.2) is 71.6 Å². The minimum Gasteiger partial charge on any atom is -0.352 e. The van der Waals surface area contributed by atoms with Crippen molar-refractivity contribution >= 4 is 26.7 Å². The van der Waals surface area contributed by atoms with Gasteiger partial charge < -0.3 is 5.32 Å². The van der Waals surface area contributed by atoms with Gasteiger partial charge in [0.15, 0.2) is 0 Å². The summed E-state index contributed by atoms with van der Waals surface area (Å²) in [7, 11) is -3.67. The number of nitrogens with zero attached hydrogens (tertiary/aromatic N) is 1. The molecule has 2 N–H and O–H groups in total. The van der Waals surface area contributed by atoms with Gasteiger partial charge in [0.25, 0.3) is 0 Å². The lowest BCUT2D eigenvalue weighted by Gasteiger charge is -2.30. The van der Waals surface area contributed by atoms with Gasteiger partial charge in [-0.25, -0.2) is 13.1 Å². The normalized spacial score (nSPS) is 17.0. The summed E-state index contributed by atoms with van der Waals surface area (Å²) in [6.07, 6.45) is 2.67. The summed E-state index contributed by atoms with van der Waals surface area (Å²) >= 11 is 0. The maximum atomic E-state index is 12.6. The first-order chi connectivity index (χ1) is 16.4. The molecule has 6 nitrogen and oxygen atoms in total. The topological polar surface area (TPSA) is 78.5 Å². The second-order valence-electron chi connectivity index (χ2n) is 9.23. The van der Waals surface area contributed by atoms with Crippen molar-refractivity contribution in [3.63, 3.8) is 0 Å². The number of hydrogen-bond donors (Lipinski definition) is 2. The Labute approximate surface area is 202 Å². The van der Waals surface area contributed by atoms with Gasteiger partial charge in [-0.05, 0) is 59.3 Å². The van der Waals surface area contributed by atoms with Crippen molar-refractivity contribution in [2.45, 2.75) is 44.2 Å². The second kappa shape index (κ2) is 11.1. The first-order valence-corrected chi connectivity index (χ1v) is 13.4. The van der Waals surface area contributed by atoms with Crippen LogP contribution in [0.3, 0.4) is 0 Å². The molecule has 1 amide bonds. The van der Waals surface area contributed by atoms with Crippen LogP contribution in [0.2, 0.25) is 0 Å². The van der Waals surface area contributed by atoms with E-state index in [2.05, 4.69) is 34.0 Å². The summed E-state index contributed by atoms with van der Waals surface area (Å²) in [5.41, 5.74) is 2.31. The molecular formula is C27H33N3O3S. The van der Waals surface area contributed by atoms with Crippen molar-refractivity contribution in [1.29, 1.82) is 0 Å². The Balaban J connectivity index is 1.21. The zero-order chi connectivity index (χ0) is 24.0. The highest BCUT2D eigenvalue weighted by Crippen LogP contribution is 2.19. The van der Waals surface area contributed by atoms with E-state index in [9.17, 15) is 13.2 Å². The van der Waals surface area contributed by atoms with E-state index >= 15 is 0 Å². The van der Waals surface area contributed by atoms with E-state index in [0.717, 1.165) is 41.9 Å². The number of nitrogens with one attached hydrogen (secondary N) is 2. The number of hydrogen-bond acceptors (Lipinski definition) is 4. The lowest BCUT2D eigenvalue weighted by molar-refractivity contribution is -0.121. The van der Waals surface area contributed by atoms with Crippen LogP contribution >= 0.6 is 0 Å². The molecule has 7 heteroatoms. The van der Waals surface area contributed by atoms with Crippen LogP contribution in [0.1, 0.15) is 37.3 Å². The summed E-state index contributed by atoms with van der Waals surface area (Å²) < 4.78 is 27.7. The molecule has 0 aliphatic carbocycles. The van der Waals surface area contributed by atoms with E-state index in [1.807, 2.05) is 36.4 Å². The molecule has 34 heavy (non-hydrogen) atoms. The molecule has 4 rings (SSSR count). The van der Waals surface area contributed by atoms with Gasteiger partial charge in [0.2, 0.25) is 15.9 Å². The molecule has 1 saturated heterocycles. The van der Waals surface area contributed by atoms with Crippen LogP contribution in [0, 0.1) is 5.92 Å². The SMILES string of the molecule is CC1CCCN(Cc2ccc(CNC(=O)CCNS(=O)(=O)c3ccc4ccccc4c3)cc2)C1. The highest BCUT2D eigenvalue weighted by molar-refractivity contribution is 7.89. The number of piperidine rings is 1. The Hall–Kier alpha value is -2.74.